The summed E-state index contributed by atoms with van der Waals surface area (Å²) in [5, 5.41) is 11.2. The number of nitro benzene ring substituents is 1. The summed E-state index contributed by atoms with van der Waals surface area (Å²) in [6.07, 6.45) is 3.27. The number of sulfonamides is 1. The number of rotatable bonds is 9. The maximum Gasteiger partial charge on any atom is 0.269 e. The Hall–Kier alpha value is -1.42. The normalized spacial score (nSPS) is 14.4. The van der Waals surface area contributed by atoms with Gasteiger partial charge in [-0.05, 0) is 49.1 Å². The summed E-state index contributed by atoms with van der Waals surface area (Å²) in [7, 11) is -3.83. The summed E-state index contributed by atoms with van der Waals surface area (Å²) in [4.78, 5) is 12.7. The number of fused-ring (bicyclic) bond motifs is 1. The number of non-ortho nitro benzene ring substituents is 1. The number of benzene rings is 2. The first-order valence-corrected chi connectivity index (χ1v) is 12.4. The van der Waals surface area contributed by atoms with Gasteiger partial charge in [-0.1, -0.05) is 47.3 Å². The van der Waals surface area contributed by atoms with Crippen molar-refractivity contribution in [3.05, 3.63) is 66.6 Å². The van der Waals surface area contributed by atoms with Crippen LogP contribution >= 0.6 is 34.8 Å². The molecule has 0 saturated heterocycles. The van der Waals surface area contributed by atoms with E-state index < -0.39 is 10.0 Å². The Morgan fingerprint density at radius 3 is 2.42 bits per heavy atom. The van der Waals surface area contributed by atoms with Crippen LogP contribution in [0.4, 0.5) is 5.69 Å². The standard InChI is InChI=1S/C20H22Cl3N3O4S/c21-16-11-18(22)20(19(23)12-16)31(29,30)24-7-2-1-3-8-25-9-6-14-4-5-17(26(27)28)10-15(14)13-25/h4-5,10-12,24H,1-3,6-9,13H2. The zero-order chi connectivity index (χ0) is 22.6. The largest absolute Gasteiger partial charge is 0.299 e. The van der Waals surface area contributed by atoms with Crippen molar-refractivity contribution in [1.29, 1.82) is 0 Å². The van der Waals surface area contributed by atoms with Crippen LogP contribution in [0.15, 0.2) is 35.2 Å². The molecule has 2 aromatic rings. The molecular weight excluding hydrogens is 485 g/mol. The summed E-state index contributed by atoms with van der Waals surface area (Å²) < 4.78 is 27.5. The van der Waals surface area contributed by atoms with E-state index in [0.717, 1.165) is 43.5 Å². The van der Waals surface area contributed by atoms with Crippen LogP contribution in [0.3, 0.4) is 0 Å². The molecule has 3 rings (SSSR count). The summed E-state index contributed by atoms with van der Waals surface area (Å²) in [6, 6.07) is 7.74. The Bertz CT molecular complexity index is 1060. The molecule has 0 aromatic heterocycles. The van der Waals surface area contributed by atoms with Gasteiger partial charge in [-0.2, -0.15) is 0 Å². The lowest BCUT2D eigenvalue weighted by Gasteiger charge is -2.28. The molecule has 1 aliphatic rings. The Labute approximate surface area is 196 Å². The van der Waals surface area contributed by atoms with E-state index in [4.69, 9.17) is 34.8 Å². The molecule has 168 valence electrons. The van der Waals surface area contributed by atoms with Crippen LogP contribution in [0.5, 0.6) is 0 Å². The van der Waals surface area contributed by atoms with Crippen LogP contribution in [-0.4, -0.2) is 37.9 Å². The minimum Gasteiger partial charge on any atom is -0.299 e. The molecule has 0 unspecified atom stereocenters. The molecule has 0 spiro atoms. The van der Waals surface area contributed by atoms with Gasteiger partial charge in [0.1, 0.15) is 4.90 Å². The fourth-order valence-electron chi connectivity index (χ4n) is 3.61. The van der Waals surface area contributed by atoms with Gasteiger partial charge in [0.25, 0.3) is 5.69 Å². The summed E-state index contributed by atoms with van der Waals surface area (Å²) >= 11 is 17.8. The molecule has 11 heteroatoms. The second-order valence-electron chi connectivity index (χ2n) is 7.39. The monoisotopic (exact) mass is 505 g/mol. The summed E-state index contributed by atoms with van der Waals surface area (Å²) in [5.74, 6) is 0. The van der Waals surface area contributed by atoms with E-state index in [1.165, 1.54) is 12.1 Å². The van der Waals surface area contributed by atoms with E-state index in [2.05, 4.69) is 9.62 Å². The van der Waals surface area contributed by atoms with Crippen molar-refractivity contribution in [2.75, 3.05) is 19.6 Å². The van der Waals surface area contributed by atoms with E-state index in [1.807, 2.05) is 6.07 Å². The fourth-order valence-corrected chi connectivity index (χ4v) is 6.22. The molecular formula is C20H22Cl3N3O4S. The zero-order valence-corrected chi connectivity index (χ0v) is 19.7. The van der Waals surface area contributed by atoms with Gasteiger partial charge in [-0.25, -0.2) is 13.1 Å². The first-order valence-electron chi connectivity index (χ1n) is 9.80. The van der Waals surface area contributed by atoms with Crippen LogP contribution in [0.2, 0.25) is 15.1 Å². The van der Waals surface area contributed by atoms with Crippen LogP contribution in [0.1, 0.15) is 30.4 Å². The maximum atomic E-state index is 12.5. The third kappa shape index (κ3) is 6.31. The Morgan fingerprint density at radius 1 is 1.03 bits per heavy atom. The second-order valence-corrected chi connectivity index (χ2v) is 10.3. The van der Waals surface area contributed by atoms with Crippen molar-refractivity contribution in [2.24, 2.45) is 0 Å². The molecule has 0 aliphatic carbocycles. The van der Waals surface area contributed by atoms with Crippen LogP contribution in [0.25, 0.3) is 0 Å². The van der Waals surface area contributed by atoms with Crippen molar-refractivity contribution in [3.63, 3.8) is 0 Å². The highest BCUT2D eigenvalue weighted by Crippen LogP contribution is 2.32. The van der Waals surface area contributed by atoms with Gasteiger partial charge >= 0.3 is 0 Å². The van der Waals surface area contributed by atoms with E-state index in [9.17, 15) is 18.5 Å². The number of nitro groups is 1. The number of halogens is 3. The topological polar surface area (TPSA) is 92.6 Å². The van der Waals surface area contributed by atoms with Crippen molar-refractivity contribution in [1.82, 2.24) is 9.62 Å². The fraction of sp³-hybridized carbons (Fsp3) is 0.400. The number of hydrogen-bond donors (Lipinski definition) is 1. The third-order valence-corrected chi connectivity index (χ3v) is 7.77. The van der Waals surface area contributed by atoms with Gasteiger partial charge in [-0.15, -0.1) is 0 Å². The predicted octanol–water partition coefficient (Wildman–Crippen LogP) is 5.06. The first-order chi connectivity index (χ1) is 14.7. The molecule has 0 saturated carbocycles. The Balaban J connectivity index is 1.43. The van der Waals surface area contributed by atoms with E-state index in [-0.39, 0.29) is 37.1 Å². The molecule has 31 heavy (non-hydrogen) atoms. The van der Waals surface area contributed by atoms with Gasteiger partial charge in [0, 0.05) is 36.8 Å². The van der Waals surface area contributed by atoms with Gasteiger partial charge in [0.15, 0.2) is 0 Å². The van der Waals surface area contributed by atoms with Crippen LogP contribution in [0, 0.1) is 10.1 Å². The Morgan fingerprint density at radius 2 is 1.74 bits per heavy atom. The highest BCUT2D eigenvalue weighted by Gasteiger charge is 2.22. The molecule has 1 aliphatic heterocycles. The highest BCUT2D eigenvalue weighted by molar-refractivity contribution is 7.89. The lowest BCUT2D eigenvalue weighted by Crippen LogP contribution is -2.31. The van der Waals surface area contributed by atoms with Crippen molar-refractivity contribution >= 4 is 50.5 Å². The summed E-state index contributed by atoms with van der Waals surface area (Å²) in [5.41, 5.74) is 2.29. The van der Waals surface area contributed by atoms with Gasteiger partial charge in [0.2, 0.25) is 10.0 Å². The Kier molecular flexibility index (Phi) is 8.18. The van der Waals surface area contributed by atoms with E-state index in [1.54, 1.807) is 12.1 Å². The molecule has 7 nitrogen and oxygen atoms in total. The summed E-state index contributed by atoms with van der Waals surface area (Å²) in [6.45, 7) is 2.72. The number of unbranched alkanes of at least 4 members (excludes halogenated alkanes) is 2. The average molecular weight is 507 g/mol. The minimum absolute atomic E-state index is 0.0179. The predicted molar refractivity (Wildman–Crippen MR) is 123 cm³/mol. The van der Waals surface area contributed by atoms with Gasteiger partial charge < -0.3 is 0 Å². The lowest BCUT2D eigenvalue weighted by atomic mass is 9.99. The quantitative estimate of drug-likeness (QED) is 0.291. The first kappa shape index (κ1) is 24.2. The second kappa shape index (κ2) is 10.5. The molecule has 0 bridgehead atoms. The molecule has 1 heterocycles. The number of hydrogen-bond acceptors (Lipinski definition) is 5. The molecule has 2 aromatic carbocycles. The average Bonchev–Trinajstić information content (AvgIpc) is 2.68. The molecule has 0 fully saturated rings. The third-order valence-electron chi connectivity index (χ3n) is 5.17. The SMILES string of the molecule is O=[N+]([O-])c1ccc2c(c1)CN(CCCCCNS(=O)(=O)c1c(Cl)cc(Cl)cc1Cl)CC2. The number of nitrogens with one attached hydrogen (secondary N) is 1. The smallest absolute Gasteiger partial charge is 0.269 e. The zero-order valence-electron chi connectivity index (χ0n) is 16.6. The van der Waals surface area contributed by atoms with Crippen molar-refractivity contribution in [2.45, 2.75) is 37.1 Å². The van der Waals surface area contributed by atoms with Gasteiger partial charge in [-0.3, -0.25) is 15.0 Å². The van der Waals surface area contributed by atoms with E-state index in [0.29, 0.717) is 13.0 Å². The molecule has 0 atom stereocenters. The van der Waals surface area contributed by atoms with E-state index >= 15 is 0 Å². The molecule has 1 N–H and O–H groups in total. The maximum absolute atomic E-state index is 12.5. The highest BCUT2D eigenvalue weighted by atomic mass is 35.5. The van der Waals surface area contributed by atoms with Crippen molar-refractivity contribution in [3.8, 4) is 0 Å². The van der Waals surface area contributed by atoms with Gasteiger partial charge in [0.05, 0.1) is 15.0 Å². The van der Waals surface area contributed by atoms with Crippen LogP contribution < -0.4 is 4.72 Å². The lowest BCUT2D eigenvalue weighted by molar-refractivity contribution is -0.385. The van der Waals surface area contributed by atoms with Crippen LogP contribution in [-0.2, 0) is 23.0 Å². The minimum atomic E-state index is -3.83. The number of nitrogens with zero attached hydrogens (tertiary/aromatic N) is 2. The molecule has 0 radical (unpaired) electrons. The van der Waals surface area contributed by atoms with Crippen molar-refractivity contribution < 1.29 is 13.3 Å². The molecule has 0 amide bonds.